The molecule has 0 fully saturated rings. The summed E-state index contributed by atoms with van der Waals surface area (Å²) in [6.45, 7) is 0. The number of methoxy groups -OCH3 is 1. The first kappa shape index (κ1) is 12.9. The van der Waals surface area contributed by atoms with E-state index in [1.165, 1.54) is 16.8 Å². The Bertz CT molecular complexity index is 625. The summed E-state index contributed by atoms with van der Waals surface area (Å²) in [7, 11) is 3.14. The number of nitrogens with zero attached hydrogens (tertiary/aromatic N) is 1. The van der Waals surface area contributed by atoms with Crippen LogP contribution < -0.4 is 4.74 Å². The quantitative estimate of drug-likeness (QED) is 0.852. The van der Waals surface area contributed by atoms with Crippen LogP contribution in [-0.2, 0) is 7.05 Å². The van der Waals surface area contributed by atoms with Crippen LogP contribution in [0.1, 0.15) is 26.4 Å². The number of ether oxygens (including phenoxy) is 1. The van der Waals surface area contributed by atoms with Gasteiger partial charge in [0.2, 0.25) is 0 Å². The lowest BCUT2D eigenvalue weighted by molar-refractivity contribution is 0.0686. The molecule has 0 atom stereocenters. The number of benzene rings is 1. The molecule has 0 amide bonds. The minimum atomic E-state index is -1.06. The highest BCUT2D eigenvalue weighted by Gasteiger charge is 2.16. The van der Waals surface area contributed by atoms with Crippen LogP contribution in [0.4, 0.5) is 0 Å². The van der Waals surface area contributed by atoms with Crippen LogP contribution in [-0.4, -0.2) is 28.5 Å². The summed E-state index contributed by atoms with van der Waals surface area (Å²) in [5.41, 5.74) is 0.922. The van der Waals surface area contributed by atoms with Crippen molar-refractivity contribution in [2.45, 2.75) is 0 Å². The van der Waals surface area contributed by atoms with Gasteiger partial charge in [-0.1, -0.05) is 0 Å². The molecule has 98 valence electrons. The fourth-order valence-corrected chi connectivity index (χ4v) is 1.81. The lowest BCUT2D eigenvalue weighted by Crippen LogP contribution is -2.02. The number of rotatable bonds is 4. The molecule has 2 aromatic rings. The highest BCUT2D eigenvalue weighted by molar-refractivity contribution is 6.10. The van der Waals surface area contributed by atoms with E-state index in [0.717, 1.165) is 0 Å². The predicted octanol–water partition coefficient (Wildman–Crippen LogP) is 1.96. The number of aromatic nitrogens is 1. The number of hydrogen-bond acceptors (Lipinski definition) is 3. The molecule has 0 saturated carbocycles. The van der Waals surface area contributed by atoms with Crippen LogP contribution in [0.25, 0.3) is 0 Å². The number of carboxylic acids is 1. The highest BCUT2D eigenvalue weighted by Crippen LogP contribution is 2.16. The third-order valence-corrected chi connectivity index (χ3v) is 2.84. The van der Waals surface area contributed by atoms with Crippen LogP contribution in [0.2, 0.25) is 0 Å². The second-order valence-electron chi connectivity index (χ2n) is 4.09. The molecule has 0 unspecified atom stereocenters. The monoisotopic (exact) mass is 259 g/mol. The van der Waals surface area contributed by atoms with E-state index in [0.29, 0.717) is 16.9 Å². The maximum absolute atomic E-state index is 12.2. The van der Waals surface area contributed by atoms with E-state index in [1.807, 2.05) is 0 Å². The smallest absolute Gasteiger partial charge is 0.352 e. The van der Waals surface area contributed by atoms with E-state index in [-0.39, 0.29) is 11.5 Å². The van der Waals surface area contributed by atoms with E-state index >= 15 is 0 Å². The molecule has 0 aliphatic heterocycles. The summed E-state index contributed by atoms with van der Waals surface area (Å²) in [5, 5.41) is 8.95. The van der Waals surface area contributed by atoms with Gasteiger partial charge in [-0.05, 0) is 30.3 Å². The second-order valence-corrected chi connectivity index (χ2v) is 4.09. The molecule has 0 saturated heterocycles. The number of ketones is 1. The van der Waals surface area contributed by atoms with Gasteiger partial charge in [-0.3, -0.25) is 4.79 Å². The number of aryl methyl sites for hydroxylation is 1. The van der Waals surface area contributed by atoms with Gasteiger partial charge < -0.3 is 14.4 Å². The zero-order valence-corrected chi connectivity index (χ0v) is 10.6. The highest BCUT2D eigenvalue weighted by atomic mass is 16.5. The average molecular weight is 259 g/mol. The van der Waals surface area contributed by atoms with Gasteiger partial charge in [-0.15, -0.1) is 0 Å². The van der Waals surface area contributed by atoms with Gasteiger partial charge >= 0.3 is 5.97 Å². The first-order chi connectivity index (χ1) is 9.02. The lowest BCUT2D eigenvalue weighted by Gasteiger charge is -2.01. The SMILES string of the molecule is COc1ccc(C(=O)c2cc(C(=O)O)n(C)c2)cc1. The molecule has 0 spiro atoms. The van der Waals surface area contributed by atoms with Gasteiger partial charge in [0.1, 0.15) is 11.4 Å². The molecule has 0 radical (unpaired) electrons. The Morgan fingerprint density at radius 1 is 1.16 bits per heavy atom. The minimum absolute atomic E-state index is 0.0804. The van der Waals surface area contributed by atoms with E-state index in [2.05, 4.69) is 0 Å². The summed E-state index contributed by atoms with van der Waals surface area (Å²) in [6, 6.07) is 8.04. The molecule has 1 N–H and O–H groups in total. The van der Waals surface area contributed by atoms with Crippen LogP contribution in [0.15, 0.2) is 36.5 Å². The summed E-state index contributed by atoms with van der Waals surface area (Å²) >= 11 is 0. The molecular weight excluding hydrogens is 246 g/mol. The summed E-state index contributed by atoms with van der Waals surface area (Å²) in [4.78, 5) is 23.1. The molecular formula is C14H13NO4. The largest absolute Gasteiger partial charge is 0.497 e. The van der Waals surface area contributed by atoms with E-state index in [1.54, 1.807) is 38.4 Å². The van der Waals surface area contributed by atoms with Gasteiger partial charge in [0, 0.05) is 24.4 Å². The summed E-state index contributed by atoms with van der Waals surface area (Å²) in [6.07, 6.45) is 1.51. The second kappa shape index (κ2) is 4.97. The Morgan fingerprint density at radius 3 is 2.26 bits per heavy atom. The topological polar surface area (TPSA) is 68.5 Å². The van der Waals surface area contributed by atoms with Crippen molar-refractivity contribution in [1.29, 1.82) is 0 Å². The minimum Gasteiger partial charge on any atom is -0.497 e. The van der Waals surface area contributed by atoms with E-state index < -0.39 is 5.97 Å². The zero-order valence-electron chi connectivity index (χ0n) is 10.6. The van der Waals surface area contributed by atoms with Crippen molar-refractivity contribution < 1.29 is 19.4 Å². The van der Waals surface area contributed by atoms with Crippen molar-refractivity contribution >= 4 is 11.8 Å². The lowest BCUT2D eigenvalue weighted by atomic mass is 10.1. The maximum atomic E-state index is 12.2. The Balaban J connectivity index is 2.33. The molecule has 0 bridgehead atoms. The maximum Gasteiger partial charge on any atom is 0.352 e. The number of carbonyl (C=O) groups excluding carboxylic acids is 1. The molecule has 1 aromatic carbocycles. The van der Waals surface area contributed by atoms with Crippen LogP contribution in [0, 0.1) is 0 Å². The van der Waals surface area contributed by atoms with Crippen LogP contribution in [0.5, 0.6) is 5.75 Å². The van der Waals surface area contributed by atoms with Crippen molar-refractivity contribution in [2.75, 3.05) is 7.11 Å². The van der Waals surface area contributed by atoms with Gasteiger partial charge in [0.15, 0.2) is 5.78 Å². The van der Waals surface area contributed by atoms with Gasteiger partial charge in [0.25, 0.3) is 0 Å². The third kappa shape index (κ3) is 2.49. The number of carbonyl (C=O) groups is 2. The van der Waals surface area contributed by atoms with Crippen molar-refractivity contribution in [2.24, 2.45) is 7.05 Å². The van der Waals surface area contributed by atoms with Crippen molar-refractivity contribution in [3.63, 3.8) is 0 Å². The fraction of sp³-hybridized carbons (Fsp3) is 0.143. The Morgan fingerprint density at radius 2 is 1.79 bits per heavy atom. The van der Waals surface area contributed by atoms with Gasteiger partial charge in [0.05, 0.1) is 7.11 Å². The van der Waals surface area contributed by atoms with Crippen molar-refractivity contribution in [3.05, 3.63) is 53.3 Å². The van der Waals surface area contributed by atoms with Crippen molar-refractivity contribution in [1.82, 2.24) is 4.57 Å². The fourth-order valence-electron chi connectivity index (χ4n) is 1.81. The zero-order chi connectivity index (χ0) is 14.0. The van der Waals surface area contributed by atoms with E-state index in [4.69, 9.17) is 9.84 Å². The molecule has 0 aliphatic carbocycles. The normalized spacial score (nSPS) is 10.2. The standard InChI is InChI=1S/C14H13NO4/c1-15-8-10(7-12(15)14(17)18)13(16)9-3-5-11(19-2)6-4-9/h3-8H,1-2H3,(H,17,18). The van der Waals surface area contributed by atoms with Crippen LogP contribution >= 0.6 is 0 Å². The summed E-state index contributed by atoms with van der Waals surface area (Å²) in [5.74, 6) is -0.613. The molecule has 0 aliphatic rings. The molecule has 5 nitrogen and oxygen atoms in total. The first-order valence-corrected chi connectivity index (χ1v) is 5.61. The molecule has 2 rings (SSSR count). The number of carboxylic acid groups (broad SMARTS) is 1. The molecule has 1 heterocycles. The van der Waals surface area contributed by atoms with Gasteiger partial charge in [-0.25, -0.2) is 4.79 Å². The molecule has 1 aromatic heterocycles. The Kier molecular flexibility index (Phi) is 3.37. The molecule has 19 heavy (non-hydrogen) atoms. The molecule has 5 heteroatoms. The van der Waals surface area contributed by atoms with Crippen LogP contribution in [0.3, 0.4) is 0 Å². The first-order valence-electron chi connectivity index (χ1n) is 5.61. The van der Waals surface area contributed by atoms with E-state index in [9.17, 15) is 9.59 Å². The average Bonchev–Trinajstić information content (AvgIpc) is 2.80. The van der Waals surface area contributed by atoms with Gasteiger partial charge in [-0.2, -0.15) is 0 Å². The van der Waals surface area contributed by atoms with Crippen molar-refractivity contribution in [3.8, 4) is 5.75 Å². The summed E-state index contributed by atoms with van der Waals surface area (Å²) < 4.78 is 6.43. The number of hydrogen-bond donors (Lipinski definition) is 1. The third-order valence-electron chi connectivity index (χ3n) is 2.84. The number of aromatic carboxylic acids is 1. The Labute approximate surface area is 110 Å². The Hall–Kier alpha value is -2.56. The predicted molar refractivity (Wildman–Crippen MR) is 68.8 cm³/mol.